The first-order chi connectivity index (χ1) is 8.22. The van der Waals surface area contributed by atoms with Gasteiger partial charge >= 0.3 is 0 Å². The van der Waals surface area contributed by atoms with Crippen molar-refractivity contribution >= 4 is 22.8 Å². The third-order valence-electron chi connectivity index (χ3n) is 2.52. The van der Waals surface area contributed by atoms with Gasteiger partial charge in [0.1, 0.15) is 5.82 Å². The molecule has 0 aliphatic heterocycles. The molecule has 2 rings (SSSR count). The van der Waals surface area contributed by atoms with Gasteiger partial charge in [0.15, 0.2) is 0 Å². The number of thiazole rings is 1. The highest BCUT2D eigenvalue weighted by molar-refractivity contribution is 7.09. The Morgan fingerprint density at radius 2 is 2.35 bits per heavy atom. The van der Waals surface area contributed by atoms with Crippen LogP contribution in [0.4, 0.5) is 11.5 Å². The minimum absolute atomic E-state index is 0.739. The molecular formula is C11H17N5S. The van der Waals surface area contributed by atoms with Gasteiger partial charge in [-0.3, -0.25) is 4.98 Å². The minimum atomic E-state index is 0.739. The Morgan fingerprint density at radius 3 is 3.00 bits per heavy atom. The Kier molecular flexibility index (Phi) is 3.63. The Bertz CT molecular complexity index is 474. The molecule has 2 aromatic rings. The number of hydrogen-bond acceptors (Lipinski definition) is 5. The number of aryl methyl sites for hydroxylation is 2. The average Bonchev–Trinajstić information content (AvgIpc) is 2.89. The highest BCUT2D eigenvalue weighted by atomic mass is 32.1. The van der Waals surface area contributed by atoms with Crippen molar-refractivity contribution in [2.45, 2.75) is 33.4 Å². The topological polar surface area (TPSA) is 68.8 Å². The quantitative estimate of drug-likeness (QED) is 0.855. The number of nitrogens with one attached hydrogen (secondary N) is 1. The molecule has 0 radical (unpaired) electrons. The van der Waals surface area contributed by atoms with Crippen LogP contribution in [-0.2, 0) is 13.1 Å². The third kappa shape index (κ3) is 2.58. The van der Waals surface area contributed by atoms with Crippen molar-refractivity contribution in [2.24, 2.45) is 0 Å². The third-order valence-corrected chi connectivity index (χ3v) is 3.30. The molecule has 17 heavy (non-hydrogen) atoms. The summed E-state index contributed by atoms with van der Waals surface area (Å²) in [5.74, 6) is 0.915. The lowest BCUT2D eigenvalue weighted by Gasteiger charge is -2.08. The summed E-state index contributed by atoms with van der Waals surface area (Å²) in [7, 11) is 0. The molecular weight excluding hydrogens is 234 g/mol. The molecule has 2 heterocycles. The van der Waals surface area contributed by atoms with Gasteiger partial charge in [-0.15, -0.1) is 11.3 Å². The van der Waals surface area contributed by atoms with Crippen molar-refractivity contribution in [3.8, 4) is 0 Å². The number of anilines is 2. The van der Waals surface area contributed by atoms with Crippen LogP contribution in [0.15, 0.2) is 11.7 Å². The maximum absolute atomic E-state index is 6.02. The van der Waals surface area contributed by atoms with Gasteiger partial charge in [0.05, 0.1) is 23.4 Å². The first-order valence-electron chi connectivity index (χ1n) is 5.66. The molecule has 0 spiro atoms. The molecule has 0 unspecified atom stereocenters. The minimum Gasteiger partial charge on any atom is -0.394 e. The van der Waals surface area contributed by atoms with Crippen LogP contribution in [0.5, 0.6) is 0 Å². The number of nitrogens with two attached hydrogens (primary N) is 1. The predicted molar refractivity (Wildman–Crippen MR) is 71.1 cm³/mol. The lowest BCUT2D eigenvalue weighted by molar-refractivity contribution is 0.603. The first kappa shape index (κ1) is 11.9. The fraction of sp³-hybridized carbons (Fsp3) is 0.455. The van der Waals surface area contributed by atoms with E-state index in [2.05, 4.69) is 22.3 Å². The van der Waals surface area contributed by atoms with Crippen LogP contribution >= 0.6 is 11.3 Å². The maximum Gasteiger partial charge on any atom is 0.148 e. The molecule has 6 heteroatoms. The van der Waals surface area contributed by atoms with Crippen molar-refractivity contribution in [3.05, 3.63) is 22.3 Å². The molecule has 92 valence electrons. The zero-order valence-corrected chi connectivity index (χ0v) is 10.9. The van der Waals surface area contributed by atoms with E-state index in [0.717, 1.165) is 36.7 Å². The molecule has 0 aliphatic rings. The van der Waals surface area contributed by atoms with Gasteiger partial charge in [0.2, 0.25) is 0 Å². The molecule has 0 saturated heterocycles. The van der Waals surface area contributed by atoms with E-state index in [9.17, 15) is 0 Å². The van der Waals surface area contributed by atoms with Gasteiger partial charge in [-0.2, -0.15) is 5.10 Å². The van der Waals surface area contributed by atoms with Crippen LogP contribution in [0.25, 0.3) is 0 Å². The van der Waals surface area contributed by atoms with Crippen LogP contribution < -0.4 is 11.1 Å². The van der Waals surface area contributed by atoms with Crippen molar-refractivity contribution in [1.29, 1.82) is 0 Å². The zero-order chi connectivity index (χ0) is 12.3. The Morgan fingerprint density at radius 1 is 1.53 bits per heavy atom. The SMILES string of the molecule is CCCn1nc(C)c(N)c1NCc1cncs1. The molecule has 0 amide bonds. The highest BCUT2D eigenvalue weighted by Gasteiger charge is 2.11. The summed E-state index contributed by atoms with van der Waals surface area (Å²) >= 11 is 1.63. The monoisotopic (exact) mass is 251 g/mol. The summed E-state index contributed by atoms with van der Waals surface area (Å²) < 4.78 is 1.94. The Hall–Kier alpha value is -1.56. The van der Waals surface area contributed by atoms with E-state index >= 15 is 0 Å². The molecule has 5 nitrogen and oxygen atoms in total. The van der Waals surface area contributed by atoms with Gasteiger partial charge in [-0.1, -0.05) is 6.92 Å². The van der Waals surface area contributed by atoms with Crippen molar-refractivity contribution in [3.63, 3.8) is 0 Å². The molecule has 0 bridgehead atoms. The van der Waals surface area contributed by atoms with E-state index in [4.69, 9.17) is 5.73 Å². The maximum atomic E-state index is 6.02. The van der Waals surface area contributed by atoms with Crippen LogP contribution in [0.3, 0.4) is 0 Å². The summed E-state index contributed by atoms with van der Waals surface area (Å²) in [5.41, 5.74) is 9.46. The first-order valence-corrected chi connectivity index (χ1v) is 6.54. The van der Waals surface area contributed by atoms with E-state index < -0.39 is 0 Å². The van der Waals surface area contributed by atoms with Crippen molar-refractivity contribution < 1.29 is 0 Å². The second-order valence-electron chi connectivity index (χ2n) is 3.89. The second-order valence-corrected chi connectivity index (χ2v) is 4.86. The van der Waals surface area contributed by atoms with Gasteiger partial charge in [-0.25, -0.2) is 4.68 Å². The number of hydrogen-bond donors (Lipinski definition) is 2. The fourth-order valence-corrected chi connectivity index (χ4v) is 2.19. The van der Waals surface area contributed by atoms with Gasteiger partial charge in [0, 0.05) is 17.6 Å². The van der Waals surface area contributed by atoms with E-state index in [-0.39, 0.29) is 0 Å². The molecule has 0 saturated carbocycles. The lowest BCUT2D eigenvalue weighted by atomic mass is 10.4. The molecule has 0 aromatic carbocycles. The van der Waals surface area contributed by atoms with Crippen LogP contribution in [0.1, 0.15) is 23.9 Å². The smallest absolute Gasteiger partial charge is 0.148 e. The number of nitrogens with zero attached hydrogens (tertiary/aromatic N) is 3. The summed E-state index contributed by atoms with van der Waals surface area (Å²) in [4.78, 5) is 5.23. The van der Waals surface area contributed by atoms with Crippen molar-refractivity contribution in [1.82, 2.24) is 14.8 Å². The summed E-state index contributed by atoms with van der Waals surface area (Å²) in [6.07, 6.45) is 2.90. The molecule has 0 fully saturated rings. The molecule has 2 aromatic heterocycles. The predicted octanol–water partition coefficient (Wildman–Crippen LogP) is 2.25. The molecule has 0 aliphatic carbocycles. The van der Waals surface area contributed by atoms with Gasteiger partial charge in [-0.05, 0) is 13.3 Å². The fourth-order valence-electron chi connectivity index (χ4n) is 1.66. The zero-order valence-electron chi connectivity index (χ0n) is 10.1. The average molecular weight is 251 g/mol. The normalized spacial score (nSPS) is 10.7. The standard InChI is InChI=1S/C11H17N5S/c1-3-4-16-11(10(12)8(2)15-16)14-6-9-5-13-7-17-9/h5,7,14H,3-4,6,12H2,1-2H3. The van der Waals surface area contributed by atoms with Crippen LogP contribution in [0.2, 0.25) is 0 Å². The molecule has 3 N–H and O–H groups in total. The van der Waals surface area contributed by atoms with E-state index in [1.54, 1.807) is 11.3 Å². The Labute approximate surface area is 105 Å². The van der Waals surface area contributed by atoms with E-state index in [1.807, 2.05) is 23.3 Å². The van der Waals surface area contributed by atoms with Gasteiger partial charge in [0.25, 0.3) is 0 Å². The highest BCUT2D eigenvalue weighted by Crippen LogP contribution is 2.23. The van der Waals surface area contributed by atoms with Crippen LogP contribution in [0, 0.1) is 6.92 Å². The number of rotatable bonds is 5. The summed E-state index contributed by atoms with van der Waals surface area (Å²) in [5, 5.41) is 7.75. The number of nitrogen functional groups attached to an aromatic ring is 1. The summed E-state index contributed by atoms with van der Waals surface area (Å²) in [6, 6.07) is 0. The largest absolute Gasteiger partial charge is 0.394 e. The number of aromatic nitrogens is 3. The lowest BCUT2D eigenvalue weighted by Crippen LogP contribution is -2.08. The summed E-state index contributed by atoms with van der Waals surface area (Å²) in [6.45, 7) is 5.67. The van der Waals surface area contributed by atoms with E-state index in [0.29, 0.717) is 0 Å². The van der Waals surface area contributed by atoms with Crippen molar-refractivity contribution in [2.75, 3.05) is 11.1 Å². The van der Waals surface area contributed by atoms with Crippen LogP contribution in [-0.4, -0.2) is 14.8 Å². The Balaban J connectivity index is 2.13. The second kappa shape index (κ2) is 5.18. The van der Waals surface area contributed by atoms with Gasteiger partial charge < -0.3 is 11.1 Å². The molecule has 0 atom stereocenters. The van der Waals surface area contributed by atoms with E-state index in [1.165, 1.54) is 4.88 Å².